The fourth-order valence-electron chi connectivity index (χ4n) is 2.77. The van der Waals surface area contributed by atoms with Crippen molar-refractivity contribution in [2.24, 2.45) is 0 Å². The Morgan fingerprint density at radius 1 is 1.00 bits per heavy atom. The number of hydrogen-bond donors (Lipinski definition) is 2. The maximum absolute atomic E-state index is 12.2. The van der Waals surface area contributed by atoms with E-state index in [2.05, 4.69) is 36.4 Å². The first-order chi connectivity index (χ1) is 13.3. The van der Waals surface area contributed by atoms with E-state index in [1.165, 1.54) is 5.56 Å². The number of hydrogen-bond acceptors (Lipinski definition) is 4. The van der Waals surface area contributed by atoms with E-state index in [1.54, 1.807) is 11.3 Å². The number of rotatable bonds is 6. The lowest BCUT2D eigenvalue weighted by molar-refractivity contribution is -0.121. The minimum atomic E-state index is -0.167. The summed E-state index contributed by atoms with van der Waals surface area (Å²) < 4.78 is 1.11. The highest BCUT2D eigenvalue weighted by Crippen LogP contribution is 2.22. The second-order valence-electron chi connectivity index (χ2n) is 7.69. The van der Waals surface area contributed by atoms with E-state index in [4.69, 9.17) is 0 Å². The molecule has 0 aliphatic heterocycles. The smallest absolute Gasteiger partial charge is 0.251 e. The number of carbonyl (C=O) groups excluding carboxylic acids is 2. The van der Waals surface area contributed by atoms with E-state index in [0.717, 1.165) is 15.2 Å². The van der Waals surface area contributed by atoms with E-state index in [1.807, 2.05) is 48.5 Å². The number of nitrogens with one attached hydrogen (secondary N) is 2. The third-order valence-electron chi connectivity index (χ3n) is 4.43. The molecule has 0 atom stereocenters. The summed E-state index contributed by atoms with van der Waals surface area (Å²) in [6.45, 7) is 7.10. The highest BCUT2D eigenvalue weighted by atomic mass is 32.1. The lowest BCUT2D eigenvalue weighted by Gasteiger charge is -2.19. The minimum absolute atomic E-state index is 0.0519. The fourth-order valence-corrected chi connectivity index (χ4v) is 3.68. The zero-order valence-electron chi connectivity index (χ0n) is 16.4. The number of fused-ring (bicyclic) bond motifs is 1. The zero-order chi connectivity index (χ0) is 20.1. The van der Waals surface area contributed by atoms with Crippen LogP contribution < -0.4 is 10.6 Å². The minimum Gasteiger partial charge on any atom is -0.352 e. The molecular weight excluding hydrogens is 370 g/mol. The Kier molecular flexibility index (Phi) is 6.09. The molecule has 0 spiro atoms. The van der Waals surface area contributed by atoms with Crippen LogP contribution in [0.25, 0.3) is 10.2 Å². The first-order valence-corrected chi connectivity index (χ1v) is 10.1. The van der Waals surface area contributed by atoms with Crippen molar-refractivity contribution >= 4 is 33.4 Å². The van der Waals surface area contributed by atoms with E-state index in [9.17, 15) is 9.59 Å². The van der Waals surface area contributed by atoms with Crippen molar-refractivity contribution < 1.29 is 9.59 Å². The molecule has 0 saturated heterocycles. The molecule has 0 aliphatic carbocycles. The molecule has 3 aromatic rings. The van der Waals surface area contributed by atoms with Crippen molar-refractivity contribution in [3.05, 3.63) is 64.7 Å². The van der Waals surface area contributed by atoms with Gasteiger partial charge in [0.2, 0.25) is 5.91 Å². The van der Waals surface area contributed by atoms with Crippen LogP contribution in [0.2, 0.25) is 0 Å². The van der Waals surface area contributed by atoms with Crippen molar-refractivity contribution in [2.45, 2.75) is 39.2 Å². The predicted octanol–water partition coefficient (Wildman–Crippen LogP) is 4.03. The molecule has 0 fully saturated rings. The van der Waals surface area contributed by atoms with Crippen molar-refractivity contribution in [1.82, 2.24) is 15.6 Å². The molecule has 1 aromatic heterocycles. The van der Waals surface area contributed by atoms with Crippen LogP contribution in [0, 0.1) is 0 Å². The average Bonchev–Trinajstić information content (AvgIpc) is 3.09. The number of aromatic nitrogens is 1. The highest BCUT2D eigenvalue weighted by molar-refractivity contribution is 7.18. The average molecular weight is 396 g/mol. The lowest BCUT2D eigenvalue weighted by Crippen LogP contribution is -2.30. The summed E-state index contributed by atoms with van der Waals surface area (Å²) in [5.74, 6) is -0.276. The third kappa shape index (κ3) is 5.16. The van der Waals surface area contributed by atoms with Crippen LogP contribution in [0.1, 0.15) is 48.1 Å². The van der Waals surface area contributed by atoms with Crippen molar-refractivity contribution in [3.8, 4) is 0 Å². The number of nitrogens with zero attached hydrogens (tertiary/aromatic N) is 1. The molecule has 5 nitrogen and oxygen atoms in total. The summed E-state index contributed by atoms with van der Waals surface area (Å²) in [4.78, 5) is 28.7. The third-order valence-corrected chi connectivity index (χ3v) is 5.46. The number of carbonyl (C=O) groups is 2. The van der Waals surface area contributed by atoms with Gasteiger partial charge in [-0.2, -0.15) is 0 Å². The molecular formula is C22H25N3O2S. The van der Waals surface area contributed by atoms with Crippen LogP contribution in [0.4, 0.5) is 0 Å². The molecule has 2 amide bonds. The Balaban J connectivity index is 1.42. The fraction of sp³-hybridized carbons (Fsp3) is 0.318. The monoisotopic (exact) mass is 395 g/mol. The van der Waals surface area contributed by atoms with E-state index >= 15 is 0 Å². The van der Waals surface area contributed by atoms with Gasteiger partial charge in [-0.15, -0.1) is 11.3 Å². The molecule has 1 heterocycles. The van der Waals surface area contributed by atoms with Gasteiger partial charge in [0, 0.05) is 18.5 Å². The quantitative estimate of drug-likeness (QED) is 0.662. The van der Waals surface area contributed by atoms with Crippen LogP contribution >= 0.6 is 11.3 Å². The molecule has 0 radical (unpaired) electrons. The van der Waals surface area contributed by atoms with Crippen molar-refractivity contribution in [2.75, 3.05) is 6.54 Å². The summed E-state index contributed by atoms with van der Waals surface area (Å²) >= 11 is 1.57. The van der Waals surface area contributed by atoms with Gasteiger partial charge in [0.25, 0.3) is 5.91 Å². The molecule has 0 aliphatic rings. The number of benzene rings is 2. The summed E-state index contributed by atoms with van der Waals surface area (Å²) in [5.41, 5.74) is 2.78. The van der Waals surface area contributed by atoms with Gasteiger partial charge in [0.05, 0.1) is 16.8 Å². The largest absolute Gasteiger partial charge is 0.352 e. The maximum Gasteiger partial charge on any atom is 0.251 e. The van der Waals surface area contributed by atoms with Gasteiger partial charge >= 0.3 is 0 Å². The van der Waals surface area contributed by atoms with Gasteiger partial charge in [-0.3, -0.25) is 9.59 Å². The molecule has 2 aromatic carbocycles. The van der Waals surface area contributed by atoms with Crippen LogP contribution in [0.5, 0.6) is 0 Å². The summed E-state index contributed by atoms with van der Waals surface area (Å²) in [6, 6.07) is 15.5. The van der Waals surface area contributed by atoms with E-state index in [0.29, 0.717) is 18.7 Å². The lowest BCUT2D eigenvalue weighted by atomic mass is 9.87. The van der Waals surface area contributed by atoms with Crippen LogP contribution in [0.3, 0.4) is 0 Å². The zero-order valence-corrected chi connectivity index (χ0v) is 17.2. The molecule has 6 heteroatoms. The molecule has 3 rings (SSSR count). The topological polar surface area (TPSA) is 71.1 Å². The molecule has 0 bridgehead atoms. The Bertz CT molecular complexity index is 938. The van der Waals surface area contributed by atoms with Gasteiger partial charge in [-0.1, -0.05) is 45.0 Å². The summed E-state index contributed by atoms with van der Waals surface area (Å²) in [6.07, 6.45) is 0.233. The normalized spacial score (nSPS) is 11.4. The van der Waals surface area contributed by atoms with Gasteiger partial charge in [0.1, 0.15) is 5.01 Å². The SMILES string of the molecule is CC(C)(C)c1ccc(C(=O)NCCC(=O)NCc2nc3ccccc3s2)cc1. The Hall–Kier alpha value is -2.73. The second kappa shape index (κ2) is 8.52. The first-order valence-electron chi connectivity index (χ1n) is 9.33. The highest BCUT2D eigenvalue weighted by Gasteiger charge is 2.14. The number of thiazole rings is 1. The standard InChI is InChI=1S/C22H25N3O2S/c1-22(2,3)16-10-8-15(9-11-16)21(27)23-13-12-19(26)24-14-20-25-17-6-4-5-7-18(17)28-20/h4-11H,12-14H2,1-3H3,(H,23,27)(H,24,26). The number of amides is 2. The molecule has 146 valence electrons. The maximum atomic E-state index is 12.2. The molecule has 0 saturated carbocycles. The van der Waals surface area contributed by atoms with Crippen LogP contribution in [0.15, 0.2) is 48.5 Å². The Morgan fingerprint density at radius 2 is 1.71 bits per heavy atom. The molecule has 2 N–H and O–H groups in total. The van der Waals surface area contributed by atoms with Crippen molar-refractivity contribution in [1.29, 1.82) is 0 Å². The van der Waals surface area contributed by atoms with Crippen LogP contribution in [-0.2, 0) is 16.8 Å². The van der Waals surface area contributed by atoms with E-state index in [-0.39, 0.29) is 23.7 Å². The Labute approximate surface area is 169 Å². The summed E-state index contributed by atoms with van der Waals surface area (Å²) in [7, 11) is 0. The predicted molar refractivity (Wildman–Crippen MR) is 114 cm³/mol. The Morgan fingerprint density at radius 3 is 2.39 bits per heavy atom. The van der Waals surface area contributed by atoms with Gasteiger partial charge in [0.15, 0.2) is 0 Å². The molecule has 0 unspecified atom stereocenters. The van der Waals surface area contributed by atoms with Crippen LogP contribution in [-0.4, -0.2) is 23.3 Å². The summed E-state index contributed by atoms with van der Waals surface area (Å²) in [5, 5.41) is 6.52. The van der Waals surface area contributed by atoms with Gasteiger partial charge in [-0.05, 0) is 35.2 Å². The molecule has 28 heavy (non-hydrogen) atoms. The van der Waals surface area contributed by atoms with Gasteiger partial charge < -0.3 is 10.6 Å². The van der Waals surface area contributed by atoms with E-state index < -0.39 is 0 Å². The number of para-hydroxylation sites is 1. The second-order valence-corrected chi connectivity index (χ2v) is 8.80. The van der Waals surface area contributed by atoms with Gasteiger partial charge in [-0.25, -0.2) is 4.98 Å². The first kappa shape index (κ1) is 20.0. The van der Waals surface area contributed by atoms with Crippen molar-refractivity contribution in [3.63, 3.8) is 0 Å².